The van der Waals surface area contributed by atoms with E-state index in [1.807, 2.05) is 0 Å². The van der Waals surface area contributed by atoms with Crippen LogP contribution in [0.2, 0.25) is 0 Å². The van der Waals surface area contributed by atoms with Crippen LogP contribution in [-0.4, -0.2) is 42.3 Å². The lowest BCUT2D eigenvalue weighted by Gasteiger charge is -2.29. The highest BCUT2D eigenvalue weighted by Crippen LogP contribution is 2.06. The third-order valence-electron chi connectivity index (χ3n) is 1.96. The number of rotatable bonds is 2. The standard InChI is InChI=1S/C7H16N2O.2ClH/c8-7-2-1-3-9(6-7)4-5-10;;/h7,10H,1-6,8H2;2*1H. The number of aliphatic hydroxyl groups is 1. The first-order valence-electron chi connectivity index (χ1n) is 3.91. The van der Waals surface area contributed by atoms with E-state index in [9.17, 15) is 0 Å². The summed E-state index contributed by atoms with van der Waals surface area (Å²) in [5.74, 6) is 0. The van der Waals surface area contributed by atoms with Crippen LogP contribution in [0.25, 0.3) is 0 Å². The van der Waals surface area contributed by atoms with Gasteiger partial charge in [0, 0.05) is 19.1 Å². The summed E-state index contributed by atoms with van der Waals surface area (Å²) in [4.78, 5) is 2.22. The second-order valence-electron chi connectivity index (χ2n) is 2.93. The van der Waals surface area contributed by atoms with Crippen molar-refractivity contribution in [3.8, 4) is 0 Å². The molecule has 1 aliphatic heterocycles. The maximum absolute atomic E-state index is 8.62. The molecule has 1 saturated heterocycles. The van der Waals surface area contributed by atoms with Crippen LogP contribution in [0, 0.1) is 0 Å². The minimum atomic E-state index is 0. The number of hydrogen-bond donors (Lipinski definition) is 2. The van der Waals surface area contributed by atoms with Gasteiger partial charge < -0.3 is 10.8 Å². The third-order valence-corrected chi connectivity index (χ3v) is 1.96. The molecular formula is C7H18Cl2N2O. The fourth-order valence-corrected chi connectivity index (χ4v) is 1.44. The number of β-amino-alcohol motifs (C(OH)–C–C–N with tert-alkyl or cyclic N) is 1. The fourth-order valence-electron chi connectivity index (χ4n) is 1.44. The van der Waals surface area contributed by atoms with Gasteiger partial charge in [0.1, 0.15) is 0 Å². The van der Waals surface area contributed by atoms with Crippen molar-refractivity contribution in [2.24, 2.45) is 5.73 Å². The van der Waals surface area contributed by atoms with Crippen molar-refractivity contribution < 1.29 is 5.11 Å². The van der Waals surface area contributed by atoms with Crippen LogP contribution in [0.15, 0.2) is 0 Å². The molecule has 1 atom stereocenters. The fraction of sp³-hybridized carbons (Fsp3) is 1.00. The number of halogens is 2. The van der Waals surface area contributed by atoms with Gasteiger partial charge in [0.2, 0.25) is 0 Å². The van der Waals surface area contributed by atoms with Gasteiger partial charge in [0.15, 0.2) is 0 Å². The molecular weight excluding hydrogens is 199 g/mol. The van der Waals surface area contributed by atoms with Gasteiger partial charge in [-0.3, -0.25) is 4.90 Å². The summed E-state index contributed by atoms with van der Waals surface area (Å²) >= 11 is 0. The lowest BCUT2D eigenvalue weighted by molar-refractivity contribution is 0.162. The lowest BCUT2D eigenvalue weighted by atomic mass is 10.1. The van der Waals surface area contributed by atoms with Crippen LogP contribution in [0.1, 0.15) is 12.8 Å². The van der Waals surface area contributed by atoms with E-state index < -0.39 is 0 Å². The van der Waals surface area contributed by atoms with Gasteiger partial charge in [-0.05, 0) is 19.4 Å². The summed E-state index contributed by atoms with van der Waals surface area (Å²) in [7, 11) is 0. The van der Waals surface area contributed by atoms with Gasteiger partial charge in [0.25, 0.3) is 0 Å². The molecule has 0 aliphatic carbocycles. The minimum Gasteiger partial charge on any atom is -0.395 e. The Labute approximate surface area is 86.1 Å². The van der Waals surface area contributed by atoms with Crippen LogP contribution in [0.3, 0.4) is 0 Å². The van der Waals surface area contributed by atoms with Gasteiger partial charge in [-0.2, -0.15) is 0 Å². The van der Waals surface area contributed by atoms with Crippen molar-refractivity contribution in [1.29, 1.82) is 0 Å². The molecule has 1 rings (SSSR count). The molecule has 76 valence electrons. The van der Waals surface area contributed by atoms with Gasteiger partial charge >= 0.3 is 0 Å². The van der Waals surface area contributed by atoms with E-state index in [-0.39, 0.29) is 31.4 Å². The monoisotopic (exact) mass is 216 g/mol. The highest BCUT2D eigenvalue weighted by molar-refractivity contribution is 5.85. The number of piperidine rings is 1. The number of aliphatic hydroxyl groups excluding tert-OH is 1. The zero-order valence-electron chi connectivity index (χ0n) is 7.11. The highest BCUT2D eigenvalue weighted by Gasteiger charge is 2.14. The molecule has 0 saturated carbocycles. The minimum absolute atomic E-state index is 0. The number of likely N-dealkylation sites (tertiary alicyclic amines) is 1. The average molecular weight is 217 g/mol. The number of nitrogens with two attached hydrogens (primary N) is 1. The van der Waals surface area contributed by atoms with Crippen LogP contribution >= 0.6 is 24.8 Å². The Bertz CT molecular complexity index is 103. The van der Waals surface area contributed by atoms with Crippen molar-refractivity contribution >= 4 is 24.8 Å². The molecule has 1 unspecified atom stereocenters. The van der Waals surface area contributed by atoms with E-state index >= 15 is 0 Å². The molecule has 1 fully saturated rings. The molecule has 5 heteroatoms. The first-order chi connectivity index (χ1) is 4.83. The van der Waals surface area contributed by atoms with Gasteiger partial charge in [0.05, 0.1) is 6.61 Å². The van der Waals surface area contributed by atoms with Crippen LogP contribution in [0.4, 0.5) is 0 Å². The maximum atomic E-state index is 8.62. The molecule has 0 amide bonds. The average Bonchev–Trinajstić information content (AvgIpc) is 1.88. The molecule has 0 aromatic rings. The molecule has 3 nitrogen and oxygen atoms in total. The quantitative estimate of drug-likeness (QED) is 0.696. The molecule has 12 heavy (non-hydrogen) atoms. The maximum Gasteiger partial charge on any atom is 0.0558 e. The molecule has 0 bridgehead atoms. The number of nitrogens with zero attached hydrogens (tertiary/aromatic N) is 1. The molecule has 1 aliphatic rings. The first kappa shape index (κ1) is 15.0. The molecule has 3 N–H and O–H groups in total. The van der Waals surface area contributed by atoms with E-state index in [4.69, 9.17) is 10.8 Å². The van der Waals surface area contributed by atoms with E-state index in [1.165, 1.54) is 6.42 Å². The topological polar surface area (TPSA) is 49.5 Å². The van der Waals surface area contributed by atoms with Crippen LogP contribution in [-0.2, 0) is 0 Å². The van der Waals surface area contributed by atoms with E-state index in [1.54, 1.807) is 0 Å². The Balaban J connectivity index is 0. The second-order valence-corrected chi connectivity index (χ2v) is 2.93. The summed E-state index contributed by atoms with van der Waals surface area (Å²) < 4.78 is 0. The zero-order valence-corrected chi connectivity index (χ0v) is 8.74. The Morgan fingerprint density at radius 2 is 2.08 bits per heavy atom. The van der Waals surface area contributed by atoms with Gasteiger partial charge in [-0.15, -0.1) is 24.8 Å². The first-order valence-corrected chi connectivity index (χ1v) is 3.91. The van der Waals surface area contributed by atoms with Crippen molar-refractivity contribution in [1.82, 2.24) is 4.90 Å². The van der Waals surface area contributed by atoms with Crippen molar-refractivity contribution in [3.05, 3.63) is 0 Å². The Hall–Kier alpha value is 0.460. The molecule has 0 aromatic heterocycles. The molecule has 0 radical (unpaired) electrons. The summed E-state index contributed by atoms with van der Waals surface area (Å²) in [6.45, 7) is 3.11. The molecule has 0 spiro atoms. The summed E-state index contributed by atoms with van der Waals surface area (Å²) in [5.41, 5.74) is 5.73. The summed E-state index contributed by atoms with van der Waals surface area (Å²) in [5, 5.41) is 8.62. The normalized spacial score (nSPS) is 24.0. The second kappa shape index (κ2) is 8.08. The Kier molecular flexibility index (Phi) is 10.1. The third kappa shape index (κ3) is 5.17. The lowest BCUT2D eigenvalue weighted by Crippen LogP contribution is -2.43. The SMILES string of the molecule is Cl.Cl.NC1CCCN(CCO)C1. The van der Waals surface area contributed by atoms with Crippen LogP contribution in [0.5, 0.6) is 0 Å². The van der Waals surface area contributed by atoms with Crippen molar-refractivity contribution in [2.75, 3.05) is 26.2 Å². The highest BCUT2D eigenvalue weighted by atomic mass is 35.5. The Morgan fingerprint density at radius 3 is 2.58 bits per heavy atom. The smallest absolute Gasteiger partial charge is 0.0558 e. The zero-order chi connectivity index (χ0) is 7.40. The van der Waals surface area contributed by atoms with Crippen molar-refractivity contribution in [2.45, 2.75) is 18.9 Å². The van der Waals surface area contributed by atoms with Crippen molar-refractivity contribution in [3.63, 3.8) is 0 Å². The van der Waals surface area contributed by atoms with E-state index in [2.05, 4.69) is 4.90 Å². The van der Waals surface area contributed by atoms with Crippen LogP contribution < -0.4 is 5.73 Å². The largest absolute Gasteiger partial charge is 0.395 e. The van der Waals surface area contributed by atoms with E-state index in [0.717, 1.165) is 26.1 Å². The van der Waals surface area contributed by atoms with Gasteiger partial charge in [-0.25, -0.2) is 0 Å². The predicted molar refractivity (Wildman–Crippen MR) is 55.2 cm³/mol. The Morgan fingerprint density at radius 1 is 1.42 bits per heavy atom. The molecule has 0 aromatic carbocycles. The summed E-state index contributed by atoms with van der Waals surface area (Å²) in [6.07, 6.45) is 2.32. The van der Waals surface area contributed by atoms with E-state index in [0.29, 0.717) is 6.04 Å². The predicted octanol–water partition coefficient (Wildman–Crippen LogP) is 0.245. The van der Waals surface area contributed by atoms with Gasteiger partial charge in [-0.1, -0.05) is 0 Å². The summed E-state index contributed by atoms with van der Waals surface area (Å²) in [6, 6.07) is 0.334. The molecule has 1 heterocycles. The number of hydrogen-bond acceptors (Lipinski definition) is 3.